The van der Waals surface area contributed by atoms with Gasteiger partial charge in [-0.1, -0.05) is 44.2 Å². The average molecular weight is 437 g/mol. The fraction of sp³-hybridized carbons (Fsp3) is 0.296. The van der Waals surface area contributed by atoms with Crippen LogP contribution in [0.4, 0.5) is 0 Å². The van der Waals surface area contributed by atoms with Crippen LogP contribution in [0.3, 0.4) is 0 Å². The lowest BCUT2D eigenvalue weighted by molar-refractivity contribution is -0.121. The molecule has 6 nitrogen and oxygen atoms in total. The molecule has 0 aliphatic heterocycles. The van der Waals surface area contributed by atoms with Gasteiger partial charge in [0.05, 0.1) is 24.6 Å². The van der Waals surface area contributed by atoms with E-state index in [-0.39, 0.29) is 29.9 Å². The number of allylic oxidation sites excluding steroid dienone is 2. The first-order valence-electron chi connectivity index (χ1n) is 11.1. The molecule has 2 aliphatic rings. The summed E-state index contributed by atoms with van der Waals surface area (Å²) in [5.41, 5.74) is 5.13. The van der Waals surface area contributed by atoms with E-state index < -0.39 is 5.41 Å². The van der Waals surface area contributed by atoms with Gasteiger partial charge in [0.2, 0.25) is 5.70 Å². The second-order valence-corrected chi connectivity index (χ2v) is 9.04. The molecule has 2 aliphatic carbocycles. The maximum absolute atomic E-state index is 12.8. The molecule has 33 heavy (non-hydrogen) atoms. The molecule has 0 saturated heterocycles. The average Bonchev–Trinajstić information content (AvgIpc) is 2.86. The minimum absolute atomic E-state index is 0.0136. The molecule has 2 heterocycles. The van der Waals surface area contributed by atoms with Crippen LogP contribution in [0.2, 0.25) is 0 Å². The van der Waals surface area contributed by atoms with Gasteiger partial charge in [0.15, 0.2) is 11.6 Å². The van der Waals surface area contributed by atoms with E-state index in [0.29, 0.717) is 5.82 Å². The summed E-state index contributed by atoms with van der Waals surface area (Å²) in [6.45, 7) is 11.6. The van der Waals surface area contributed by atoms with Gasteiger partial charge in [0.25, 0.3) is 0 Å². The zero-order chi connectivity index (χ0) is 23.2. The monoisotopic (exact) mass is 436 g/mol. The molecule has 1 N–H and O–H groups in total. The molecule has 6 heteroatoms. The van der Waals surface area contributed by atoms with Crippen LogP contribution in [0.5, 0.6) is 0 Å². The van der Waals surface area contributed by atoms with E-state index in [1.165, 1.54) is 0 Å². The largest absolute Gasteiger partial charge is 0.392 e. The van der Waals surface area contributed by atoms with Crippen molar-refractivity contribution in [2.24, 2.45) is 11.8 Å². The molecule has 164 valence electrons. The van der Waals surface area contributed by atoms with Crippen molar-refractivity contribution in [2.45, 2.75) is 38.7 Å². The molecule has 0 radical (unpaired) electrons. The second kappa shape index (κ2) is 8.02. The smallest absolute Gasteiger partial charge is 0.226 e. The zero-order valence-corrected chi connectivity index (χ0v) is 18.6. The summed E-state index contributed by atoms with van der Waals surface area (Å²) in [4.78, 5) is 30.5. The van der Waals surface area contributed by atoms with Crippen LogP contribution in [0.15, 0.2) is 60.6 Å². The highest BCUT2D eigenvalue weighted by Crippen LogP contribution is 2.51. The number of nitrogens with zero attached hydrogens (tertiary/aromatic N) is 4. The lowest BCUT2D eigenvalue weighted by atomic mass is 9.58. The Balaban J connectivity index is 1.79. The van der Waals surface area contributed by atoms with Crippen LogP contribution < -0.4 is 0 Å². The number of benzene rings is 1. The summed E-state index contributed by atoms with van der Waals surface area (Å²) in [7, 11) is 0. The first-order chi connectivity index (χ1) is 16.0. The quantitative estimate of drug-likeness (QED) is 0.610. The fourth-order valence-electron chi connectivity index (χ4n) is 5.38. The third-order valence-electron chi connectivity index (χ3n) is 7.17. The predicted molar refractivity (Wildman–Crippen MR) is 125 cm³/mol. The Morgan fingerprint density at radius 1 is 1.12 bits per heavy atom. The van der Waals surface area contributed by atoms with E-state index in [0.717, 1.165) is 46.5 Å². The normalized spacial score (nSPS) is 23.8. The van der Waals surface area contributed by atoms with Crippen LogP contribution in [0.25, 0.3) is 27.5 Å². The minimum atomic E-state index is -0.536. The number of carbonyl (C=O) groups is 1. The Kier molecular flexibility index (Phi) is 5.15. The van der Waals surface area contributed by atoms with Crippen LogP contribution in [-0.2, 0) is 23.2 Å². The minimum Gasteiger partial charge on any atom is -0.392 e. The van der Waals surface area contributed by atoms with Crippen molar-refractivity contribution in [1.82, 2.24) is 15.0 Å². The Bertz CT molecular complexity index is 1310. The van der Waals surface area contributed by atoms with Crippen LogP contribution >= 0.6 is 0 Å². The van der Waals surface area contributed by atoms with Crippen molar-refractivity contribution in [2.75, 3.05) is 0 Å². The Morgan fingerprint density at radius 3 is 2.52 bits per heavy atom. The predicted octanol–water partition coefficient (Wildman–Crippen LogP) is 4.54. The summed E-state index contributed by atoms with van der Waals surface area (Å²) < 4.78 is 0. The first-order valence-corrected chi connectivity index (χ1v) is 11.1. The standard InChI is InChI=1S/C27H24N4O2/c1-16-21-9-8-20-23(18-6-4-17(15-32)5-7-18)30-26(19-10-12-29-13-11-19)31-25(20)27(21,2)14-22(28-3)24(16)33/h4-7,10-14,16,21,32H,8-9,15H2,1-2H3/t16-,21-,27-/m1/s1. The van der Waals surface area contributed by atoms with E-state index in [4.69, 9.17) is 16.5 Å². The zero-order valence-electron chi connectivity index (χ0n) is 18.6. The van der Waals surface area contributed by atoms with Gasteiger partial charge >= 0.3 is 0 Å². The van der Waals surface area contributed by atoms with Crippen molar-refractivity contribution in [1.29, 1.82) is 0 Å². The van der Waals surface area contributed by atoms with Gasteiger partial charge in [-0.25, -0.2) is 14.8 Å². The van der Waals surface area contributed by atoms with Crippen LogP contribution in [-0.4, -0.2) is 25.8 Å². The number of fused-ring (bicyclic) bond motifs is 3. The van der Waals surface area contributed by atoms with Crippen molar-refractivity contribution >= 4 is 5.78 Å². The van der Waals surface area contributed by atoms with Gasteiger partial charge in [0.1, 0.15) is 0 Å². The molecule has 5 rings (SSSR count). The maximum Gasteiger partial charge on any atom is 0.226 e. The van der Waals surface area contributed by atoms with Gasteiger partial charge in [-0.2, -0.15) is 0 Å². The van der Waals surface area contributed by atoms with E-state index >= 15 is 0 Å². The first kappa shape index (κ1) is 21.2. The molecule has 3 aromatic rings. The number of ketones is 1. The number of aromatic nitrogens is 3. The summed E-state index contributed by atoms with van der Waals surface area (Å²) in [5.74, 6) is 0.373. The molecule has 1 aromatic carbocycles. The van der Waals surface area contributed by atoms with Crippen molar-refractivity contribution in [3.63, 3.8) is 0 Å². The van der Waals surface area contributed by atoms with E-state index in [9.17, 15) is 9.90 Å². The maximum atomic E-state index is 12.8. The molecule has 0 unspecified atom stereocenters. The number of aliphatic hydroxyl groups is 1. The summed E-state index contributed by atoms with van der Waals surface area (Å²) in [5, 5.41) is 9.45. The molecular formula is C27H24N4O2. The fourth-order valence-corrected chi connectivity index (χ4v) is 5.38. The van der Waals surface area contributed by atoms with E-state index in [1.54, 1.807) is 12.4 Å². The summed E-state index contributed by atoms with van der Waals surface area (Å²) >= 11 is 0. The number of hydrogen-bond donors (Lipinski definition) is 1. The number of carbonyl (C=O) groups excluding carboxylic acids is 1. The Morgan fingerprint density at radius 2 is 1.85 bits per heavy atom. The van der Waals surface area contributed by atoms with E-state index in [1.807, 2.05) is 49.4 Å². The number of rotatable bonds is 3. The van der Waals surface area contributed by atoms with Gasteiger partial charge < -0.3 is 9.90 Å². The highest BCUT2D eigenvalue weighted by molar-refractivity contribution is 6.00. The second-order valence-electron chi connectivity index (χ2n) is 9.04. The lowest BCUT2D eigenvalue weighted by Crippen LogP contribution is -2.46. The molecule has 3 atom stereocenters. The molecule has 0 bridgehead atoms. The summed E-state index contributed by atoms with van der Waals surface area (Å²) in [6, 6.07) is 11.5. The van der Waals surface area contributed by atoms with Crippen LogP contribution in [0.1, 0.15) is 37.1 Å². The topological polar surface area (TPSA) is 80.3 Å². The lowest BCUT2D eigenvalue weighted by Gasteiger charge is -2.46. The molecule has 0 fully saturated rings. The van der Waals surface area contributed by atoms with Crippen LogP contribution in [0, 0.1) is 18.4 Å². The van der Waals surface area contributed by atoms with Crippen molar-refractivity contribution in [3.8, 4) is 22.6 Å². The number of pyridine rings is 1. The van der Waals surface area contributed by atoms with Gasteiger partial charge in [-0.15, -0.1) is 0 Å². The van der Waals surface area contributed by atoms with Gasteiger partial charge in [-0.05, 0) is 36.5 Å². The highest BCUT2D eigenvalue weighted by Gasteiger charge is 2.49. The molecule has 0 saturated carbocycles. The number of Topliss-reactive ketones (excluding diaryl/α,β-unsaturated/α-hetero) is 1. The third-order valence-corrected chi connectivity index (χ3v) is 7.17. The van der Waals surface area contributed by atoms with Crippen molar-refractivity contribution < 1.29 is 9.90 Å². The van der Waals surface area contributed by atoms with Crippen molar-refractivity contribution in [3.05, 3.63) is 88.8 Å². The highest BCUT2D eigenvalue weighted by atomic mass is 16.3. The third kappa shape index (κ3) is 3.37. The SMILES string of the molecule is [C-]#[N+]C1=C[C@@]2(C)c3nc(-c4ccncc4)nc(-c4ccc(CO)cc4)c3CC[C@@H]2[C@@H](C)C1=O. The Labute approximate surface area is 192 Å². The molecule has 2 aromatic heterocycles. The Hall–Kier alpha value is -3.69. The summed E-state index contributed by atoms with van der Waals surface area (Å²) in [6.07, 6.45) is 6.88. The van der Waals surface area contributed by atoms with Gasteiger partial charge in [-0.3, -0.25) is 4.98 Å². The molecule has 0 amide bonds. The number of aliphatic hydroxyl groups excluding tert-OH is 1. The molecule has 0 spiro atoms. The van der Waals surface area contributed by atoms with Gasteiger partial charge in [0, 0.05) is 40.4 Å². The molecular weight excluding hydrogens is 412 g/mol. The van der Waals surface area contributed by atoms with E-state index in [2.05, 4.69) is 16.8 Å². The number of hydrogen-bond acceptors (Lipinski definition) is 5.